The average Bonchev–Trinajstić information content (AvgIpc) is 2.51. The molecule has 0 N–H and O–H groups in total. The second-order valence-corrected chi connectivity index (χ2v) is 6.34. The largest absolute Gasteiger partial charge is 0.462 e. The fourth-order valence-corrected chi connectivity index (χ4v) is 3.18. The number of esters is 1. The maximum absolute atomic E-state index is 12.4. The Bertz CT molecular complexity index is 566. The summed E-state index contributed by atoms with van der Waals surface area (Å²) in [4.78, 5) is 28.2. The Labute approximate surface area is 137 Å². The van der Waals surface area contributed by atoms with Crippen molar-refractivity contribution in [3.05, 3.63) is 29.8 Å². The van der Waals surface area contributed by atoms with Crippen molar-refractivity contribution in [3.63, 3.8) is 0 Å². The summed E-state index contributed by atoms with van der Waals surface area (Å²) in [5.74, 6) is 0.605. The molecular weight excluding hydrogens is 292 g/mol. The fourth-order valence-electron chi connectivity index (χ4n) is 3.18. The average molecular weight is 316 g/mol. The number of benzene rings is 1. The van der Waals surface area contributed by atoms with Crippen molar-refractivity contribution < 1.29 is 14.3 Å². The molecular formula is C18H24N2O3. The van der Waals surface area contributed by atoms with Crippen LogP contribution in [0.4, 0.5) is 5.69 Å². The van der Waals surface area contributed by atoms with E-state index < -0.39 is 0 Å². The van der Waals surface area contributed by atoms with Crippen LogP contribution >= 0.6 is 0 Å². The van der Waals surface area contributed by atoms with Crippen LogP contribution < -0.4 is 4.90 Å². The van der Waals surface area contributed by atoms with Gasteiger partial charge in [0.1, 0.15) is 0 Å². The van der Waals surface area contributed by atoms with Crippen molar-refractivity contribution >= 4 is 17.6 Å². The van der Waals surface area contributed by atoms with Gasteiger partial charge in [-0.3, -0.25) is 9.69 Å². The molecule has 0 aromatic heterocycles. The number of anilines is 1. The first-order chi connectivity index (χ1) is 11.2. The molecule has 1 saturated carbocycles. The normalized spacial score (nSPS) is 19.5. The minimum atomic E-state index is -0.323. The van der Waals surface area contributed by atoms with Crippen LogP contribution in [0, 0.1) is 5.92 Å². The molecule has 1 amide bonds. The molecule has 0 radical (unpaired) electrons. The molecule has 1 aliphatic carbocycles. The van der Waals surface area contributed by atoms with Gasteiger partial charge in [-0.15, -0.1) is 0 Å². The van der Waals surface area contributed by atoms with E-state index in [-0.39, 0.29) is 11.9 Å². The van der Waals surface area contributed by atoms with Gasteiger partial charge in [-0.2, -0.15) is 0 Å². The molecule has 5 nitrogen and oxygen atoms in total. The fraction of sp³-hybridized carbons (Fsp3) is 0.556. The summed E-state index contributed by atoms with van der Waals surface area (Å²) in [5, 5.41) is 0. The lowest BCUT2D eigenvalue weighted by Crippen LogP contribution is -2.52. The molecule has 1 aliphatic heterocycles. The number of ether oxygens (including phenoxy) is 1. The molecule has 0 atom stereocenters. The molecule has 2 fully saturated rings. The van der Waals surface area contributed by atoms with Gasteiger partial charge in [-0.05, 0) is 49.9 Å². The van der Waals surface area contributed by atoms with Gasteiger partial charge in [0.15, 0.2) is 0 Å². The van der Waals surface area contributed by atoms with Crippen molar-refractivity contribution in [1.29, 1.82) is 0 Å². The summed E-state index contributed by atoms with van der Waals surface area (Å²) in [6.07, 6.45) is 3.96. The molecule has 1 heterocycles. The minimum Gasteiger partial charge on any atom is -0.462 e. The first kappa shape index (κ1) is 16.0. The predicted octanol–water partition coefficient (Wildman–Crippen LogP) is 2.31. The third kappa shape index (κ3) is 3.72. The lowest BCUT2D eigenvalue weighted by atomic mass is 9.85. The Morgan fingerprint density at radius 1 is 1.22 bits per heavy atom. The number of amides is 1. The highest BCUT2D eigenvalue weighted by molar-refractivity contribution is 5.96. The highest BCUT2D eigenvalue weighted by Crippen LogP contribution is 2.28. The van der Waals surface area contributed by atoms with Crippen molar-refractivity contribution in [2.75, 3.05) is 37.7 Å². The second kappa shape index (κ2) is 7.13. The number of piperazine rings is 1. The second-order valence-electron chi connectivity index (χ2n) is 6.34. The van der Waals surface area contributed by atoms with E-state index in [4.69, 9.17) is 4.74 Å². The number of carbonyl (C=O) groups is 2. The van der Waals surface area contributed by atoms with Gasteiger partial charge >= 0.3 is 5.97 Å². The number of hydrogen-bond acceptors (Lipinski definition) is 4. The van der Waals surface area contributed by atoms with Crippen LogP contribution in [0.1, 0.15) is 36.5 Å². The molecule has 124 valence electrons. The van der Waals surface area contributed by atoms with E-state index in [1.54, 1.807) is 19.1 Å². The monoisotopic (exact) mass is 316 g/mol. The van der Waals surface area contributed by atoms with Crippen molar-refractivity contribution in [2.45, 2.75) is 26.2 Å². The lowest BCUT2D eigenvalue weighted by molar-refractivity contribution is -0.121. The molecule has 2 aliphatic rings. The van der Waals surface area contributed by atoms with Gasteiger partial charge in [-0.25, -0.2) is 4.79 Å². The van der Waals surface area contributed by atoms with Gasteiger partial charge in [0, 0.05) is 25.3 Å². The molecule has 1 aromatic rings. The van der Waals surface area contributed by atoms with E-state index in [0.29, 0.717) is 25.3 Å². The maximum atomic E-state index is 12.4. The highest BCUT2D eigenvalue weighted by atomic mass is 16.5. The SMILES string of the molecule is CCOC(=O)c1ccc(N2CCN(CC3CCC3)CC2=O)cc1. The zero-order chi connectivity index (χ0) is 16.2. The van der Waals surface area contributed by atoms with E-state index >= 15 is 0 Å². The van der Waals surface area contributed by atoms with Gasteiger partial charge in [0.05, 0.1) is 18.7 Å². The van der Waals surface area contributed by atoms with Crippen molar-refractivity contribution in [3.8, 4) is 0 Å². The summed E-state index contributed by atoms with van der Waals surface area (Å²) in [6.45, 7) is 5.33. The molecule has 0 bridgehead atoms. The lowest BCUT2D eigenvalue weighted by Gasteiger charge is -2.38. The maximum Gasteiger partial charge on any atom is 0.338 e. The van der Waals surface area contributed by atoms with Gasteiger partial charge < -0.3 is 9.64 Å². The van der Waals surface area contributed by atoms with E-state index in [1.807, 2.05) is 17.0 Å². The number of carbonyl (C=O) groups excluding carboxylic acids is 2. The van der Waals surface area contributed by atoms with E-state index in [1.165, 1.54) is 19.3 Å². The Morgan fingerprint density at radius 2 is 1.96 bits per heavy atom. The molecule has 0 unspecified atom stereocenters. The van der Waals surface area contributed by atoms with E-state index in [9.17, 15) is 9.59 Å². The molecule has 3 rings (SSSR count). The third-order valence-corrected chi connectivity index (χ3v) is 4.73. The van der Waals surface area contributed by atoms with Crippen molar-refractivity contribution in [2.24, 2.45) is 5.92 Å². The van der Waals surface area contributed by atoms with Crippen LogP contribution in [0.15, 0.2) is 24.3 Å². The number of nitrogens with zero attached hydrogens (tertiary/aromatic N) is 2. The molecule has 23 heavy (non-hydrogen) atoms. The molecule has 1 saturated heterocycles. The zero-order valence-corrected chi connectivity index (χ0v) is 13.7. The quantitative estimate of drug-likeness (QED) is 0.782. The molecule has 0 spiro atoms. The summed E-state index contributed by atoms with van der Waals surface area (Å²) in [6, 6.07) is 7.10. The molecule has 1 aromatic carbocycles. The summed E-state index contributed by atoms with van der Waals surface area (Å²) in [7, 11) is 0. The van der Waals surface area contributed by atoms with E-state index in [0.717, 1.165) is 24.7 Å². The highest BCUT2D eigenvalue weighted by Gasteiger charge is 2.28. The Balaban J connectivity index is 1.59. The van der Waals surface area contributed by atoms with E-state index in [2.05, 4.69) is 4.90 Å². The number of rotatable bonds is 5. The third-order valence-electron chi connectivity index (χ3n) is 4.73. The zero-order valence-electron chi connectivity index (χ0n) is 13.7. The van der Waals surface area contributed by atoms with Crippen LogP contribution in [-0.4, -0.2) is 49.6 Å². The summed E-state index contributed by atoms with van der Waals surface area (Å²) >= 11 is 0. The smallest absolute Gasteiger partial charge is 0.338 e. The van der Waals surface area contributed by atoms with Gasteiger partial charge in [0.2, 0.25) is 5.91 Å². The topological polar surface area (TPSA) is 49.9 Å². The Morgan fingerprint density at radius 3 is 2.52 bits per heavy atom. The number of hydrogen-bond donors (Lipinski definition) is 0. The van der Waals surface area contributed by atoms with Crippen LogP contribution in [0.2, 0.25) is 0 Å². The minimum absolute atomic E-state index is 0.138. The van der Waals surface area contributed by atoms with Crippen molar-refractivity contribution in [1.82, 2.24) is 4.90 Å². The molecule has 5 heteroatoms. The van der Waals surface area contributed by atoms with Crippen LogP contribution in [0.3, 0.4) is 0 Å². The van der Waals surface area contributed by atoms with Gasteiger partial charge in [0.25, 0.3) is 0 Å². The first-order valence-corrected chi connectivity index (χ1v) is 8.47. The van der Waals surface area contributed by atoms with Gasteiger partial charge in [-0.1, -0.05) is 6.42 Å². The summed E-state index contributed by atoms with van der Waals surface area (Å²) in [5.41, 5.74) is 1.37. The Hall–Kier alpha value is -1.88. The first-order valence-electron chi connectivity index (χ1n) is 8.47. The van der Waals surface area contributed by atoms with Crippen LogP contribution in [0.5, 0.6) is 0 Å². The predicted molar refractivity (Wildman–Crippen MR) is 88.5 cm³/mol. The van der Waals surface area contributed by atoms with Crippen LogP contribution in [0.25, 0.3) is 0 Å². The van der Waals surface area contributed by atoms with Crippen LogP contribution in [-0.2, 0) is 9.53 Å². The standard InChI is InChI=1S/C18H24N2O3/c1-2-23-18(22)15-6-8-16(9-7-15)20-11-10-19(13-17(20)21)12-14-4-3-5-14/h6-9,14H,2-5,10-13H2,1H3. The summed E-state index contributed by atoms with van der Waals surface area (Å²) < 4.78 is 4.98. The Kier molecular flexibility index (Phi) is 4.96.